The molecule has 3 heterocycles. The molecule has 1 aliphatic carbocycles. The predicted octanol–water partition coefficient (Wildman–Crippen LogP) is 4.04. The number of carbonyl (C=O) groups excluding carboxylic acids is 2. The van der Waals surface area contributed by atoms with Gasteiger partial charge in [0.15, 0.2) is 11.3 Å². The van der Waals surface area contributed by atoms with Crippen molar-refractivity contribution >= 4 is 22.9 Å². The van der Waals surface area contributed by atoms with Crippen LogP contribution in [0.5, 0.6) is 0 Å². The molecule has 1 N–H and O–H groups in total. The summed E-state index contributed by atoms with van der Waals surface area (Å²) in [5.74, 6) is -0.0787. The van der Waals surface area contributed by atoms with E-state index in [9.17, 15) is 9.59 Å². The first kappa shape index (κ1) is 22.0. The largest absolute Gasteiger partial charge is 0.449 e. The standard InChI is InChI=1S/C24H31N5O3/c1-15-9-10-21-20(27-15)13-22(32-21)23(30)25-12-11-16(2)28(4)24(31)19-14-26-29(17(19)3)18-7-5-6-8-18/h9-10,13-14,16,18H,5-8,11-12H2,1-4H3,(H,25,30). The Morgan fingerprint density at radius 2 is 2.03 bits per heavy atom. The van der Waals surface area contributed by atoms with Gasteiger partial charge in [0.1, 0.15) is 5.52 Å². The lowest BCUT2D eigenvalue weighted by atomic mass is 10.1. The molecule has 0 aliphatic heterocycles. The van der Waals surface area contributed by atoms with Crippen LogP contribution in [0, 0.1) is 13.8 Å². The third kappa shape index (κ3) is 4.40. The average Bonchev–Trinajstić information content (AvgIpc) is 3.51. The Hall–Kier alpha value is -3.16. The maximum absolute atomic E-state index is 13.0. The minimum Gasteiger partial charge on any atom is -0.449 e. The molecular formula is C24H31N5O3. The third-order valence-electron chi connectivity index (χ3n) is 6.51. The molecule has 3 aromatic rings. The second-order valence-corrected chi connectivity index (χ2v) is 8.78. The van der Waals surface area contributed by atoms with E-state index in [2.05, 4.69) is 15.4 Å². The lowest BCUT2D eigenvalue weighted by Crippen LogP contribution is -2.38. The molecule has 1 aliphatic rings. The van der Waals surface area contributed by atoms with Gasteiger partial charge in [0.05, 0.1) is 17.8 Å². The van der Waals surface area contributed by atoms with Gasteiger partial charge in [-0.05, 0) is 52.2 Å². The summed E-state index contributed by atoms with van der Waals surface area (Å²) in [6, 6.07) is 5.68. The Balaban J connectivity index is 1.31. The van der Waals surface area contributed by atoms with Gasteiger partial charge in [-0.2, -0.15) is 5.10 Å². The fraction of sp³-hybridized carbons (Fsp3) is 0.500. The molecule has 8 heteroatoms. The molecule has 3 aromatic heterocycles. The van der Waals surface area contributed by atoms with E-state index in [1.165, 1.54) is 12.8 Å². The zero-order valence-corrected chi connectivity index (χ0v) is 19.2. The lowest BCUT2D eigenvalue weighted by molar-refractivity contribution is 0.0735. The van der Waals surface area contributed by atoms with Crippen molar-refractivity contribution in [3.05, 3.63) is 47.1 Å². The number of furan rings is 1. The van der Waals surface area contributed by atoms with Crippen LogP contribution >= 0.6 is 0 Å². The fourth-order valence-electron chi connectivity index (χ4n) is 4.35. The molecule has 1 atom stereocenters. The third-order valence-corrected chi connectivity index (χ3v) is 6.51. The van der Waals surface area contributed by atoms with E-state index >= 15 is 0 Å². The Morgan fingerprint density at radius 1 is 1.28 bits per heavy atom. The van der Waals surface area contributed by atoms with Gasteiger partial charge < -0.3 is 14.6 Å². The summed E-state index contributed by atoms with van der Waals surface area (Å²) in [7, 11) is 1.80. The molecule has 0 radical (unpaired) electrons. The second kappa shape index (κ2) is 9.14. The molecule has 1 unspecified atom stereocenters. The van der Waals surface area contributed by atoms with E-state index in [1.54, 1.807) is 24.2 Å². The molecule has 0 spiro atoms. The van der Waals surface area contributed by atoms with Crippen LogP contribution in [0.2, 0.25) is 0 Å². The van der Waals surface area contributed by atoms with Gasteiger partial charge in [0.2, 0.25) is 0 Å². The van der Waals surface area contributed by atoms with Gasteiger partial charge in [-0.3, -0.25) is 14.3 Å². The topological polar surface area (TPSA) is 93.3 Å². The Labute approximate surface area is 188 Å². The first-order chi connectivity index (χ1) is 15.3. The molecular weight excluding hydrogens is 406 g/mol. The van der Waals surface area contributed by atoms with Crippen LogP contribution in [0.15, 0.2) is 28.8 Å². The minimum atomic E-state index is -0.282. The Kier molecular flexibility index (Phi) is 6.30. The van der Waals surface area contributed by atoms with Crippen molar-refractivity contribution in [3.63, 3.8) is 0 Å². The van der Waals surface area contributed by atoms with Gasteiger partial charge in [-0.15, -0.1) is 0 Å². The molecule has 170 valence electrons. The molecule has 8 nitrogen and oxygen atoms in total. The fourth-order valence-corrected chi connectivity index (χ4v) is 4.35. The molecule has 1 saturated carbocycles. The highest BCUT2D eigenvalue weighted by molar-refractivity contribution is 5.96. The number of hydrogen-bond acceptors (Lipinski definition) is 5. The maximum Gasteiger partial charge on any atom is 0.287 e. The van der Waals surface area contributed by atoms with Crippen molar-refractivity contribution in [2.24, 2.45) is 0 Å². The monoisotopic (exact) mass is 437 g/mol. The highest BCUT2D eigenvalue weighted by atomic mass is 16.3. The molecule has 2 amide bonds. The number of aryl methyl sites for hydroxylation is 1. The number of nitrogens with one attached hydrogen (secondary N) is 1. The Bertz CT molecular complexity index is 1130. The predicted molar refractivity (Wildman–Crippen MR) is 122 cm³/mol. The average molecular weight is 438 g/mol. The number of hydrogen-bond donors (Lipinski definition) is 1. The number of aromatic nitrogens is 3. The molecule has 0 bridgehead atoms. The van der Waals surface area contributed by atoms with Crippen LogP contribution < -0.4 is 5.32 Å². The van der Waals surface area contributed by atoms with Gasteiger partial charge in [-0.25, -0.2) is 4.98 Å². The highest BCUT2D eigenvalue weighted by Gasteiger charge is 2.25. The molecule has 4 rings (SSSR count). The quantitative estimate of drug-likeness (QED) is 0.602. The summed E-state index contributed by atoms with van der Waals surface area (Å²) in [5.41, 5.74) is 3.72. The molecule has 0 saturated heterocycles. The number of rotatable bonds is 7. The van der Waals surface area contributed by atoms with Crippen molar-refractivity contribution in [2.75, 3.05) is 13.6 Å². The van der Waals surface area contributed by atoms with Gasteiger partial charge in [0.25, 0.3) is 11.8 Å². The summed E-state index contributed by atoms with van der Waals surface area (Å²) < 4.78 is 7.61. The number of pyridine rings is 1. The normalized spacial score (nSPS) is 15.2. The number of fused-ring (bicyclic) bond motifs is 1. The summed E-state index contributed by atoms with van der Waals surface area (Å²) in [4.78, 5) is 31.6. The van der Waals surface area contributed by atoms with Crippen molar-refractivity contribution < 1.29 is 14.0 Å². The summed E-state index contributed by atoms with van der Waals surface area (Å²) in [5, 5.41) is 7.38. The van der Waals surface area contributed by atoms with Crippen LogP contribution in [0.4, 0.5) is 0 Å². The maximum atomic E-state index is 13.0. The Morgan fingerprint density at radius 3 is 2.78 bits per heavy atom. The van der Waals surface area contributed by atoms with Crippen LogP contribution in [-0.4, -0.2) is 51.1 Å². The second-order valence-electron chi connectivity index (χ2n) is 8.78. The summed E-state index contributed by atoms with van der Waals surface area (Å²) in [6.07, 6.45) is 7.02. The first-order valence-corrected chi connectivity index (χ1v) is 11.3. The van der Waals surface area contributed by atoms with E-state index < -0.39 is 0 Å². The van der Waals surface area contributed by atoms with Crippen molar-refractivity contribution in [2.45, 2.75) is 65.0 Å². The number of amides is 2. The van der Waals surface area contributed by atoms with Crippen molar-refractivity contribution in [1.82, 2.24) is 25.0 Å². The van der Waals surface area contributed by atoms with Crippen LogP contribution in [0.3, 0.4) is 0 Å². The zero-order chi connectivity index (χ0) is 22.8. The van der Waals surface area contributed by atoms with E-state index in [4.69, 9.17) is 4.42 Å². The van der Waals surface area contributed by atoms with Gasteiger partial charge >= 0.3 is 0 Å². The van der Waals surface area contributed by atoms with Crippen molar-refractivity contribution in [3.8, 4) is 0 Å². The summed E-state index contributed by atoms with van der Waals surface area (Å²) in [6.45, 7) is 6.28. The number of carbonyl (C=O) groups is 2. The highest BCUT2D eigenvalue weighted by Crippen LogP contribution is 2.30. The van der Waals surface area contributed by atoms with E-state index in [1.807, 2.05) is 37.6 Å². The van der Waals surface area contributed by atoms with E-state index in [-0.39, 0.29) is 23.6 Å². The van der Waals surface area contributed by atoms with Crippen LogP contribution in [-0.2, 0) is 0 Å². The van der Waals surface area contributed by atoms with E-state index in [0.29, 0.717) is 35.7 Å². The first-order valence-electron chi connectivity index (χ1n) is 11.3. The van der Waals surface area contributed by atoms with Crippen LogP contribution in [0.25, 0.3) is 11.1 Å². The molecule has 32 heavy (non-hydrogen) atoms. The smallest absolute Gasteiger partial charge is 0.287 e. The van der Waals surface area contributed by atoms with E-state index in [0.717, 1.165) is 24.2 Å². The lowest BCUT2D eigenvalue weighted by Gasteiger charge is -2.25. The van der Waals surface area contributed by atoms with Gasteiger partial charge in [0, 0.05) is 37.1 Å². The van der Waals surface area contributed by atoms with Crippen molar-refractivity contribution in [1.29, 1.82) is 0 Å². The van der Waals surface area contributed by atoms with Crippen LogP contribution in [0.1, 0.15) is 77.4 Å². The number of nitrogens with zero attached hydrogens (tertiary/aromatic N) is 4. The molecule has 1 fully saturated rings. The minimum absolute atomic E-state index is 0.0377. The SMILES string of the molecule is Cc1ccc2oc(C(=O)NCCC(C)N(C)C(=O)c3cnn(C4CCCC4)c3C)cc2n1. The molecule has 0 aromatic carbocycles. The summed E-state index contributed by atoms with van der Waals surface area (Å²) >= 11 is 0. The zero-order valence-electron chi connectivity index (χ0n) is 19.2. The van der Waals surface area contributed by atoms with Gasteiger partial charge in [-0.1, -0.05) is 12.8 Å².